The molecule has 0 spiro atoms. The highest BCUT2D eigenvalue weighted by molar-refractivity contribution is 6.13. The van der Waals surface area contributed by atoms with E-state index in [1.54, 1.807) is 24.8 Å². The molecule has 0 aromatic carbocycles. The normalized spacial score (nSPS) is 19.1. The van der Waals surface area contributed by atoms with Crippen LogP contribution >= 0.6 is 0 Å². The third-order valence-electron chi connectivity index (χ3n) is 3.53. The van der Waals surface area contributed by atoms with Crippen LogP contribution in [0.5, 0.6) is 0 Å². The van der Waals surface area contributed by atoms with Crippen molar-refractivity contribution >= 4 is 17.9 Å². The van der Waals surface area contributed by atoms with Crippen molar-refractivity contribution in [2.45, 2.75) is 19.3 Å². The molecule has 2 heterocycles. The lowest BCUT2D eigenvalue weighted by atomic mass is 9.87. The van der Waals surface area contributed by atoms with Crippen LogP contribution in [0.4, 0.5) is 0 Å². The molecule has 0 aliphatic heterocycles. The highest BCUT2D eigenvalue weighted by atomic mass is 16.1. The average molecular weight is 276 g/mol. The van der Waals surface area contributed by atoms with E-state index in [4.69, 9.17) is 0 Å². The molecule has 3 nitrogen and oxygen atoms in total. The molecule has 104 valence electrons. The van der Waals surface area contributed by atoms with Crippen molar-refractivity contribution in [2.24, 2.45) is 0 Å². The number of carbonyl (C=O) groups is 1. The molecule has 3 heteroatoms. The van der Waals surface area contributed by atoms with E-state index < -0.39 is 0 Å². The number of pyridine rings is 2. The fourth-order valence-corrected chi connectivity index (χ4v) is 2.50. The Morgan fingerprint density at radius 1 is 0.857 bits per heavy atom. The average Bonchev–Trinajstić information content (AvgIpc) is 2.53. The Hall–Kier alpha value is -2.55. The lowest BCUT2D eigenvalue weighted by molar-refractivity contribution is -0.112. The Kier molecular flexibility index (Phi) is 4.01. The highest BCUT2D eigenvalue weighted by Crippen LogP contribution is 2.27. The first-order chi connectivity index (χ1) is 10.3. The minimum atomic E-state index is 0.147. The first-order valence-electron chi connectivity index (χ1n) is 7.09. The number of hydrogen-bond donors (Lipinski definition) is 0. The van der Waals surface area contributed by atoms with Gasteiger partial charge < -0.3 is 0 Å². The predicted molar refractivity (Wildman–Crippen MR) is 83.3 cm³/mol. The van der Waals surface area contributed by atoms with E-state index in [9.17, 15) is 4.79 Å². The second kappa shape index (κ2) is 6.27. The summed E-state index contributed by atoms with van der Waals surface area (Å²) in [5.41, 5.74) is 3.68. The molecule has 21 heavy (non-hydrogen) atoms. The summed E-state index contributed by atoms with van der Waals surface area (Å²) in [4.78, 5) is 20.7. The number of rotatable bonds is 2. The van der Waals surface area contributed by atoms with Crippen molar-refractivity contribution in [1.82, 2.24) is 9.97 Å². The molecular formula is C18H16N2O. The van der Waals surface area contributed by atoms with Crippen LogP contribution < -0.4 is 0 Å². The molecule has 1 fully saturated rings. The summed E-state index contributed by atoms with van der Waals surface area (Å²) in [5, 5.41) is 0. The van der Waals surface area contributed by atoms with E-state index in [1.165, 1.54) is 0 Å². The molecule has 0 atom stereocenters. The lowest BCUT2D eigenvalue weighted by Crippen LogP contribution is -2.12. The molecule has 2 aromatic rings. The molecule has 0 bridgehead atoms. The molecule has 3 rings (SSSR count). The van der Waals surface area contributed by atoms with Gasteiger partial charge in [-0.3, -0.25) is 14.8 Å². The zero-order chi connectivity index (χ0) is 14.5. The number of carbonyl (C=O) groups excluding carboxylic acids is 1. The van der Waals surface area contributed by atoms with E-state index in [0.717, 1.165) is 41.5 Å². The van der Waals surface area contributed by atoms with E-state index >= 15 is 0 Å². The number of ketones is 1. The summed E-state index contributed by atoms with van der Waals surface area (Å²) in [5.74, 6) is 0.147. The minimum Gasteiger partial charge on any atom is -0.289 e. The Morgan fingerprint density at radius 2 is 1.38 bits per heavy atom. The second-order valence-corrected chi connectivity index (χ2v) is 5.09. The van der Waals surface area contributed by atoms with Crippen LogP contribution in [0.2, 0.25) is 0 Å². The summed E-state index contributed by atoms with van der Waals surface area (Å²) in [6.07, 6.45) is 13.6. The van der Waals surface area contributed by atoms with E-state index in [1.807, 2.05) is 36.4 Å². The quantitative estimate of drug-likeness (QED) is 0.785. The van der Waals surface area contributed by atoms with Gasteiger partial charge in [0.05, 0.1) is 0 Å². The van der Waals surface area contributed by atoms with Crippen LogP contribution in [-0.4, -0.2) is 15.8 Å². The van der Waals surface area contributed by atoms with E-state index in [-0.39, 0.29) is 5.78 Å². The molecule has 0 radical (unpaired) electrons. The maximum absolute atomic E-state index is 12.6. The Bertz CT molecular complexity index is 628. The Balaban J connectivity index is 1.88. The molecule has 1 saturated carbocycles. The van der Waals surface area contributed by atoms with Crippen LogP contribution in [0.25, 0.3) is 12.2 Å². The monoisotopic (exact) mass is 276 g/mol. The highest BCUT2D eigenvalue weighted by Gasteiger charge is 2.20. The van der Waals surface area contributed by atoms with E-state index in [2.05, 4.69) is 9.97 Å². The fraction of sp³-hybridized carbons (Fsp3) is 0.167. The topological polar surface area (TPSA) is 42.9 Å². The van der Waals surface area contributed by atoms with Gasteiger partial charge in [0, 0.05) is 35.9 Å². The molecular weight excluding hydrogens is 260 g/mol. The van der Waals surface area contributed by atoms with Gasteiger partial charge in [0.15, 0.2) is 5.78 Å². The van der Waals surface area contributed by atoms with Crippen LogP contribution in [-0.2, 0) is 4.79 Å². The van der Waals surface area contributed by atoms with Gasteiger partial charge in [-0.1, -0.05) is 12.1 Å². The predicted octanol–water partition coefficient (Wildman–Crippen LogP) is 3.70. The van der Waals surface area contributed by atoms with Gasteiger partial charge in [0.2, 0.25) is 0 Å². The summed E-state index contributed by atoms with van der Waals surface area (Å²) in [7, 11) is 0. The summed E-state index contributed by atoms with van der Waals surface area (Å²) in [6, 6.07) is 7.69. The van der Waals surface area contributed by atoms with Gasteiger partial charge >= 0.3 is 0 Å². The van der Waals surface area contributed by atoms with Crippen LogP contribution in [0.1, 0.15) is 30.4 Å². The number of hydrogen-bond acceptors (Lipinski definition) is 3. The molecule has 2 aromatic heterocycles. The fourth-order valence-electron chi connectivity index (χ4n) is 2.50. The van der Waals surface area contributed by atoms with E-state index in [0.29, 0.717) is 0 Å². The lowest BCUT2D eigenvalue weighted by Gasteiger charge is -2.16. The summed E-state index contributed by atoms with van der Waals surface area (Å²) < 4.78 is 0. The van der Waals surface area contributed by atoms with Gasteiger partial charge in [0.1, 0.15) is 0 Å². The van der Waals surface area contributed by atoms with Crippen molar-refractivity contribution in [3.05, 3.63) is 71.3 Å². The molecule has 0 unspecified atom stereocenters. The number of aromatic nitrogens is 2. The summed E-state index contributed by atoms with van der Waals surface area (Å²) >= 11 is 0. The molecule has 0 N–H and O–H groups in total. The van der Waals surface area contributed by atoms with Crippen LogP contribution in [0.3, 0.4) is 0 Å². The van der Waals surface area contributed by atoms with Crippen molar-refractivity contribution in [1.29, 1.82) is 0 Å². The molecule has 1 aliphatic rings. The van der Waals surface area contributed by atoms with Gasteiger partial charge in [-0.25, -0.2) is 0 Å². The third-order valence-corrected chi connectivity index (χ3v) is 3.53. The van der Waals surface area contributed by atoms with Crippen molar-refractivity contribution < 1.29 is 4.79 Å². The maximum Gasteiger partial charge on any atom is 0.185 e. The number of allylic oxidation sites excluding steroid dienone is 2. The largest absolute Gasteiger partial charge is 0.289 e. The van der Waals surface area contributed by atoms with Crippen molar-refractivity contribution in [2.75, 3.05) is 0 Å². The standard InChI is InChI=1S/C18H16N2O/c21-18-16(10-14-4-2-8-19-12-14)6-1-7-17(18)11-15-5-3-9-20-13-15/h2-5,8-13H,1,6-7H2/b16-10-,17-11-. The zero-order valence-electron chi connectivity index (χ0n) is 11.7. The SMILES string of the molecule is O=C1/C(=C\c2cccnc2)CCC/C1=C/c1cccnc1. The number of Topliss-reactive ketones (excluding diaryl/α,β-unsaturated/α-hetero) is 1. The van der Waals surface area contributed by atoms with Crippen LogP contribution in [0.15, 0.2) is 60.2 Å². The molecule has 1 aliphatic carbocycles. The van der Waals surface area contributed by atoms with Crippen LogP contribution in [0, 0.1) is 0 Å². The molecule has 0 saturated heterocycles. The second-order valence-electron chi connectivity index (χ2n) is 5.09. The van der Waals surface area contributed by atoms with Gasteiger partial charge in [0.25, 0.3) is 0 Å². The smallest absolute Gasteiger partial charge is 0.185 e. The third kappa shape index (κ3) is 3.31. The van der Waals surface area contributed by atoms with Crippen molar-refractivity contribution in [3.8, 4) is 0 Å². The zero-order valence-corrected chi connectivity index (χ0v) is 11.7. The first kappa shape index (κ1) is 13.4. The maximum atomic E-state index is 12.6. The Labute approximate surface area is 124 Å². The minimum absolute atomic E-state index is 0.147. The van der Waals surface area contributed by atoms with Crippen molar-refractivity contribution in [3.63, 3.8) is 0 Å². The number of nitrogens with zero attached hydrogens (tertiary/aromatic N) is 2. The van der Waals surface area contributed by atoms with Gasteiger partial charge in [-0.05, 0) is 54.7 Å². The van der Waals surface area contributed by atoms with Gasteiger partial charge in [-0.15, -0.1) is 0 Å². The Morgan fingerprint density at radius 3 is 1.81 bits per heavy atom. The van der Waals surface area contributed by atoms with Gasteiger partial charge in [-0.2, -0.15) is 0 Å². The molecule has 0 amide bonds. The summed E-state index contributed by atoms with van der Waals surface area (Å²) in [6.45, 7) is 0. The first-order valence-corrected chi connectivity index (χ1v) is 7.09.